The summed E-state index contributed by atoms with van der Waals surface area (Å²) in [4.78, 5) is 18.9. The van der Waals surface area contributed by atoms with Crippen LogP contribution in [0, 0.1) is 13.8 Å². The minimum Gasteiger partial charge on any atom is -0.497 e. The van der Waals surface area contributed by atoms with E-state index >= 15 is 0 Å². The van der Waals surface area contributed by atoms with Crippen molar-refractivity contribution in [3.63, 3.8) is 0 Å². The normalized spacial score (nSPS) is 11.0. The van der Waals surface area contributed by atoms with Crippen LogP contribution in [-0.2, 0) is 0 Å². The van der Waals surface area contributed by atoms with Gasteiger partial charge >= 0.3 is 0 Å². The number of carbonyl (C=O) groups is 1. The Labute approximate surface area is 171 Å². The minimum atomic E-state index is -0.163. The topological polar surface area (TPSA) is 55.6 Å². The van der Waals surface area contributed by atoms with Gasteiger partial charge in [0.15, 0.2) is 4.96 Å². The number of rotatable bonds is 4. The second-order valence-corrected chi connectivity index (χ2v) is 7.85. The Kier molecular flexibility index (Phi) is 4.83. The van der Waals surface area contributed by atoms with Crippen molar-refractivity contribution in [1.29, 1.82) is 0 Å². The number of imidazole rings is 1. The van der Waals surface area contributed by atoms with Crippen LogP contribution in [0.4, 0.5) is 5.69 Å². The monoisotopic (exact) mass is 411 g/mol. The van der Waals surface area contributed by atoms with Gasteiger partial charge in [-0.15, -0.1) is 0 Å². The number of methoxy groups -OCH3 is 1. The van der Waals surface area contributed by atoms with E-state index < -0.39 is 0 Å². The van der Waals surface area contributed by atoms with Gasteiger partial charge in [-0.3, -0.25) is 9.20 Å². The summed E-state index contributed by atoms with van der Waals surface area (Å²) in [5.41, 5.74) is 4.37. The highest BCUT2D eigenvalue weighted by Crippen LogP contribution is 2.29. The number of fused-ring (bicyclic) bond motifs is 1. The summed E-state index contributed by atoms with van der Waals surface area (Å²) in [6, 6.07) is 13.2. The molecule has 1 N–H and O–H groups in total. The molecule has 0 saturated heterocycles. The lowest BCUT2D eigenvalue weighted by atomic mass is 10.2. The molecule has 28 heavy (non-hydrogen) atoms. The standard InChI is InChI=1S/C21H18ClN3O2S/c1-12-4-7-15(22)10-17(12)23-20(26)19-13(2)25-11-18(24-21(25)28-19)14-5-8-16(27-3)9-6-14/h4-11H,1-3H3,(H,23,26). The highest BCUT2D eigenvalue weighted by molar-refractivity contribution is 7.19. The van der Waals surface area contributed by atoms with Crippen molar-refractivity contribution in [2.45, 2.75) is 13.8 Å². The van der Waals surface area contributed by atoms with Crippen LogP contribution >= 0.6 is 22.9 Å². The molecule has 0 unspecified atom stereocenters. The fourth-order valence-corrected chi connectivity index (χ4v) is 4.15. The first kappa shape index (κ1) is 18.5. The quantitative estimate of drug-likeness (QED) is 0.476. The maximum atomic E-state index is 12.8. The van der Waals surface area contributed by atoms with Crippen LogP contribution in [0.1, 0.15) is 20.9 Å². The number of carbonyl (C=O) groups excluding carboxylic acids is 1. The molecule has 4 rings (SSSR count). The van der Waals surface area contributed by atoms with Gasteiger partial charge in [0.05, 0.1) is 12.8 Å². The van der Waals surface area contributed by atoms with Crippen molar-refractivity contribution in [2.24, 2.45) is 0 Å². The molecule has 0 spiro atoms. The Bertz CT molecular complexity index is 1180. The van der Waals surface area contributed by atoms with Crippen molar-refractivity contribution < 1.29 is 9.53 Å². The summed E-state index contributed by atoms with van der Waals surface area (Å²) in [6.45, 7) is 3.85. The summed E-state index contributed by atoms with van der Waals surface area (Å²) < 4.78 is 7.15. The van der Waals surface area contributed by atoms with Crippen LogP contribution in [-0.4, -0.2) is 22.4 Å². The Hall–Kier alpha value is -2.83. The van der Waals surface area contributed by atoms with Gasteiger partial charge in [0.25, 0.3) is 5.91 Å². The molecule has 0 bridgehead atoms. The number of halogens is 1. The highest BCUT2D eigenvalue weighted by Gasteiger charge is 2.19. The second-order valence-electron chi connectivity index (χ2n) is 6.44. The molecule has 4 aromatic rings. The second kappa shape index (κ2) is 7.30. The average Bonchev–Trinajstić information content (AvgIpc) is 3.24. The highest BCUT2D eigenvalue weighted by atomic mass is 35.5. The number of thiazole rings is 1. The zero-order valence-corrected chi connectivity index (χ0v) is 17.2. The maximum Gasteiger partial charge on any atom is 0.267 e. The Morgan fingerprint density at radius 1 is 1.18 bits per heavy atom. The predicted molar refractivity (Wildman–Crippen MR) is 114 cm³/mol. The summed E-state index contributed by atoms with van der Waals surface area (Å²) in [5.74, 6) is 0.639. The number of amides is 1. The molecule has 2 aromatic carbocycles. The molecule has 142 valence electrons. The Morgan fingerprint density at radius 2 is 1.93 bits per heavy atom. The number of anilines is 1. The van der Waals surface area contributed by atoms with E-state index in [1.165, 1.54) is 11.3 Å². The van der Waals surface area contributed by atoms with Crippen molar-refractivity contribution in [3.8, 4) is 17.0 Å². The van der Waals surface area contributed by atoms with Gasteiger partial charge in [-0.05, 0) is 55.8 Å². The minimum absolute atomic E-state index is 0.163. The molecule has 0 aliphatic carbocycles. The number of nitrogens with one attached hydrogen (secondary N) is 1. The number of ether oxygens (including phenoxy) is 1. The summed E-state index contributed by atoms with van der Waals surface area (Å²) in [6.07, 6.45) is 1.95. The predicted octanol–water partition coefficient (Wildman–Crippen LogP) is 5.59. The molecule has 2 heterocycles. The molecule has 1 amide bonds. The molecule has 0 radical (unpaired) electrons. The third-order valence-corrected chi connectivity index (χ3v) is 5.99. The Balaban J connectivity index is 1.64. The molecule has 0 aliphatic rings. The first-order valence-corrected chi connectivity index (χ1v) is 9.86. The molecule has 0 saturated carbocycles. The van der Waals surface area contributed by atoms with Crippen LogP contribution in [0.25, 0.3) is 16.2 Å². The van der Waals surface area contributed by atoms with Crippen molar-refractivity contribution >= 4 is 39.5 Å². The number of hydrogen-bond donors (Lipinski definition) is 1. The molecule has 5 nitrogen and oxygen atoms in total. The third-order valence-electron chi connectivity index (χ3n) is 4.60. The van der Waals surface area contributed by atoms with Gasteiger partial charge in [0.1, 0.15) is 10.6 Å². The van der Waals surface area contributed by atoms with E-state index in [2.05, 4.69) is 10.3 Å². The molecule has 7 heteroatoms. The Morgan fingerprint density at radius 3 is 2.61 bits per heavy atom. The summed E-state index contributed by atoms with van der Waals surface area (Å²) in [5, 5.41) is 3.54. The SMILES string of the molecule is COc1ccc(-c2cn3c(C)c(C(=O)Nc4cc(Cl)ccc4C)sc3n2)cc1. The number of hydrogen-bond acceptors (Lipinski definition) is 4. The molecule has 0 atom stereocenters. The van der Waals surface area contributed by atoms with Gasteiger partial charge in [-0.2, -0.15) is 0 Å². The van der Waals surface area contributed by atoms with E-state index in [1.807, 2.05) is 54.8 Å². The number of benzene rings is 2. The van der Waals surface area contributed by atoms with E-state index in [9.17, 15) is 4.79 Å². The summed E-state index contributed by atoms with van der Waals surface area (Å²) >= 11 is 7.41. The van der Waals surface area contributed by atoms with Crippen molar-refractivity contribution in [2.75, 3.05) is 12.4 Å². The van der Waals surface area contributed by atoms with Crippen molar-refractivity contribution in [3.05, 3.63) is 69.8 Å². The van der Waals surface area contributed by atoms with E-state index in [4.69, 9.17) is 16.3 Å². The number of aryl methyl sites for hydroxylation is 2. The lowest BCUT2D eigenvalue weighted by Gasteiger charge is -2.08. The average molecular weight is 412 g/mol. The lowest BCUT2D eigenvalue weighted by molar-refractivity contribution is 0.102. The smallest absolute Gasteiger partial charge is 0.267 e. The zero-order chi connectivity index (χ0) is 19.8. The van der Waals surface area contributed by atoms with Crippen LogP contribution in [0.2, 0.25) is 5.02 Å². The largest absolute Gasteiger partial charge is 0.497 e. The maximum absolute atomic E-state index is 12.8. The van der Waals surface area contributed by atoms with E-state index in [0.717, 1.165) is 33.2 Å². The van der Waals surface area contributed by atoms with Crippen LogP contribution in [0.3, 0.4) is 0 Å². The van der Waals surface area contributed by atoms with E-state index in [0.29, 0.717) is 15.6 Å². The molecule has 2 aromatic heterocycles. The fourth-order valence-electron chi connectivity index (χ4n) is 2.97. The number of aromatic nitrogens is 2. The molecule has 0 aliphatic heterocycles. The zero-order valence-electron chi connectivity index (χ0n) is 15.6. The van der Waals surface area contributed by atoms with Crippen LogP contribution in [0.15, 0.2) is 48.7 Å². The van der Waals surface area contributed by atoms with Crippen LogP contribution in [0.5, 0.6) is 5.75 Å². The van der Waals surface area contributed by atoms with E-state index in [-0.39, 0.29) is 5.91 Å². The van der Waals surface area contributed by atoms with Gasteiger partial charge in [0, 0.05) is 28.2 Å². The van der Waals surface area contributed by atoms with Crippen LogP contribution < -0.4 is 10.1 Å². The molecule has 0 fully saturated rings. The number of nitrogens with zero attached hydrogens (tertiary/aromatic N) is 2. The molecular weight excluding hydrogens is 394 g/mol. The summed E-state index contributed by atoms with van der Waals surface area (Å²) in [7, 11) is 1.64. The first-order valence-electron chi connectivity index (χ1n) is 8.66. The fraction of sp³-hybridized carbons (Fsp3) is 0.143. The lowest BCUT2D eigenvalue weighted by Crippen LogP contribution is -2.12. The van der Waals surface area contributed by atoms with Gasteiger partial charge in [0.2, 0.25) is 0 Å². The first-order chi connectivity index (χ1) is 13.5. The third kappa shape index (κ3) is 3.37. The molecular formula is C21H18ClN3O2S. The van der Waals surface area contributed by atoms with Gasteiger partial charge in [-0.1, -0.05) is 29.0 Å². The van der Waals surface area contributed by atoms with Crippen molar-refractivity contribution in [1.82, 2.24) is 9.38 Å². The van der Waals surface area contributed by atoms with E-state index in [1.54, 1.807) is 19.2 Å². The van der Waals surface area contributed by atoms with Gasteiger partial charge in [-0.25, -0.2) is 4.98 Å². The van der Waals surface area contributed by atoms with Gasteiger partial charge < -0.3 is 10.1 Å².